The number of aliphatic carboxylic acids is 3. The van der Waals surface area contributed by atoms with Gasteiger partial charge >= 0.3 is 23.9 Å². The molecule has 0 heterocycles. The maximum Gasteiger partial charge on any atom is 0.336 e. The molecule has 0 spiro atoms. The van der Waals surface area contributed by atoms with Crippen LogP contribution in [0.5, 0.6) is 0 Å². The molecule has 124 valence electrons. The van der Waals surface area contributed by atoms with E-state index in [2.05, 4.69) is 0 Å². The predicted octanol–water partition coefficient (Wildman–Crippen LogP) is 1.34. The zero-order valence-corrected chi connectivity index (χ0v) is 12.1. The standard InChI is InChI=1S/C16H12O8/c17-12(18)9-5-2-1-4-8(9)11-10(13(19)20)6-3-7-16(11,14(21)22)15(23)24/h1-6H,7H2,(H,17,18)(H,19,20)(H,21,22)(H,23,24). The molecule has 0 amide bonds. The molecule has 0 bridgehead atoms. The van der Waals surface area contributed by atoms with Crippen LogP contribution in [0.4, 0.5) is 0 Å². The van der Waals surface area contributed by atoms with E-state index in [1.54, 1.807) is 0 Å². The molecule has 2 rings (SSSR count). The van der Waals surface area contributed by atoms with Gasteiger partial charge in [-0.25, -0.2) is 9.59 Å². The van der Waals surface area contributed by atoms with Crippen molar-refractivity contribution in [1.29, 1.82) is 0 Å². The van der Waals surface area contributed by atoms with E-state index in [1.165, 1.54) is 18.2 Å². The van der Waals surface area contributed by atoms with E-state index in [1.807, 2.05) is 0 Å². The number of allylic oxidation sites excluding steroid dienone is 1. The largest absolute Gasteiger partial charge is 0.480 e. The number of carboxylic acids is 4. The first-order valence-corrected chi connectivity index (χ1v) is 6.67. The molecule has 24 heavy (non-hydrogen) atoms. The minimum atomic E-state index is -2.59. The predicted molar refractivity (Wildman–Crippen MR) is 79.4 cm³/mol. The summed E-state index contributed by atoms with van der Waals surface area (Å²) in [5.74, 6) is -6.52. The Bertz CT molecular complexity index is 801. The van der Waals surface area contributed by atoms with E-state index >= 15 is 0 Å². The third-order valence-electron chi connectivity index (χ3n) is 3.79. The molecule has 8 heteroatoms. The first-order valence-electron chi connectivity index (χ1n) is 6.67. The van der Waals surface area contributed by atoms with E-state index in [9.17, 15) is 39.6 Å². The second-order valence-corrected chi connectivity index (χ2v) is 5.07. The SMILES string of the molecule is O=C(O)C1=C(c2ccccc2C(=O)O)C(C(=O)O)(C(=O)O)CC=C1. The van der Waals surface area contributed by atoms with Crippen molar-refractivity contribution in [1.82, 2.24) is 0 Å². The Morgan fingerprint density at radius 3 is 1.96 bits per heavy atom. The van der Waals surface area contributed by atoms with Gasteiger partial charge in [0.05, 0.1) is 11.1 Å². The molecule has 8 nitrogen and oxygen atoms in total. The average Bonchev–Trinajstić information content (AvgIpc) is 2.53. The molecular formula is C16H12O8. The van der Waals surface area contributed by atoms with Crippen molar-refractivity contribution in [2.75, 3.05) is 0 Å². The lowest BCUT2D eigenvalue weighted by Crippen LogP contribution is -2.42. The van der Waals surface area contributed by atoms with Gasteiger partial charge < -0.3 is 20.4 Å². The van der Waals surface area contributed by atoms with E-state index in [0.717, 1.165) is 18.2 Å². The molecule has 1 aromatic carbocycles. The molecule has 1 aliphatic carbocycles. The molecule has 1 aliphatic rings. The van der Waals surface area contributed by atoms with E-state index in [0.29, 0.717) is 0 Å². The third-order valence-corrected chi connectivity index (χ3v) is 3.79. The van der Waals surface area contributed by atoms with Crippen LogP contribution in [-0.4, -0.2) is 44.3 Å². The van der Waals surface area contributed by atoms with Gasteiger partial charge in [0.15, 0.2) is 5.41 Å². The van der Waals surface area contributed by atoms with Crippen molar-refractivity contribution in [2.45, 2.75) is 6.42 Å². The number of carbonyl (C=O) groups is 4. The lowest BCUT2D eigenvalue weighted by atomic mass is 9.69. The van der Waals surface area contributed by atoms with E-state index in [4.69, 9.17) is 0 Å². The van der Waals surface area contributed by atoms with Crippen molar-refractivity contribution >= 4 is 29.5 Å². The molecule has 0 aromatic heterocycles. The molecule has 1 aromatic rings. The first-order chi connectivity index (χ1) is 11.2. The van der Waals surface area contributed by atoms with Crippen molar-refractivity contribution in [3.8, 4) is 0 Å². The summed E-state index contributed by atoms with van der Waals surface area (Å²) in [5, 5.41) is 37.7. The van der Waals surface area contributed by atoms with Gasteiger partial charge in [0.25, 0.3) is 0 Å². The smallest absolute Gasteiger partial charge is 0.336 e. The summed E-state index contributed by atoms with van der Waals surface area (Å²) in [6.45, 7) is 0. The van der Waals surface area contributed by atoms with E-state index in [-0.39, 0.29) is 11.1 Å². The number of hydrogen-bond donors (Lipinski definition) is 4. The highest BCUT2D eigenvalue weighted by Crippen LogP contribution is 2.45. The second-order valence-electron chi connectivity index (χ2n) is 5.07. The van der Waals surface area contributed by atoms with Gasteiger partial charge in [-0.1, -0.05) is 30.4 Å². The van der Waals surface area contributed by atoms with Crippen LogP contribution >= 0.6 is 0 Å². The maximum atomic E-state index is 11.8. The van der Waals surface area contributed by atoms with Crippen molar-refractivity contribution in [2.24, 2.45) is 5.41 Å². The van der Waals surface area contributed by atoms with Gasteiger partial charge in [-0.05, 0) is 18.1 Å². The van der Waals surface area contributed by atoms with Crippen LogP contribution in [0.1, 0.15) is 22.3 Å². The van der Waals surface area contributed by atoms with Crippen LogP contribution < -0.4 is 0 Å². The Labute approximate surface area is 135 Å². The quantitative estimate of drug-likeness (QED) is 0.590. The Balaban J connectivity index is 2.97. The zero-order valence-electron chi connectivity index (χ0n) is 12.1. The molecule has 0 saturated carbocycles. The summed E-state index contributed by atoms with van der Waals surface area (Å²) < 4.78 is 0. The summed E-state index contributed by atoms with van der Waals surface area (Å²) in [7, 11) is 0. The Morgan fingerprint density at radius 1 is 0.875 bits per heavy atom. The molecule has 0 aliphatic heterocycles. The van der Waals surface area contributed by atoms with Gasteiger partial charge in [-0.15, -0.1) is 0 Å². The second kappa shape index (κ2) is 5.99. The lowest BCUT2D eigenvalue weighted by molar-refractivity contribution is -0.159. The molecule has 4 N–H and O–H groups in total. The Morgan fingerprint density at radius 2 is 1.46 bits per heavy atom. The van der Waals surface area contributed by atoms with Crippen LogP contribution in [0.25, 0.3) is 5.57 Å². The summed E-state index contributed by atoms with van der Waals surface area (Å²) in [6, 6.07) is 5.09. The van der Waals surface area contributed by atoms with Gasteiger partial charge in [-0.2, -0.15) is 0 Å². The minimum Gasteiger partial charge on any atom is -0.480 e. The number of carboxylic acid groups (broad SMARTS) is 4. The number of benzene rings is 1. The number of aromatic carboxylic acids is 1. The van der Waals surface area contributed by atoms with Gasteiger partial charge in [-0.3, -0.25) is 9.59 Å². The van der Waals surface area contributed by atoms with Crippen molar-refractivity contribution < 1.29 is 39.6 Å². The van der Waals surface area contributed by atoms with Crippen molar-refractivity contribution in [3.63, 3.8) is 0 Å². The van der Waals surface area contributed by atoms with Crippen molar-refractivity contribution in [3.05, 3.63) is 53.1 Å². The van der Waals surface area contributed by atoms with E-state index < -0.39 is 46.9 Å². The fourth-order valence-corrected chi connectivity index (χ4v) is 2.69. The van der Waals surface area contributed by atoms with Gasteiger partial charge in [0.1, 0.15) is 0 Å². The minimum absolute atomic E-state index is 0.253. The molecular weight excluding hydrogens is 320 g/mol. The van der Waals surface area contributed by atoms with Crippen LogP contribution in [0.3, 0.4) is 0 Å². The Kier molecular flexibility index (Phi) is 4.23. The summed E-state index contributed by atoms with van der Waals surface area (Å²) in [6.07, 6.45) is 1.72. The fourth-order valence-electron chi connectivity index (χ4n) is 2.69. The van der Waals surface area contributed by atoms with Crippen LogP contribution in [0, 0.1) is 5.41 Å². The normalized spacial score (nSPS) is 15.8. The summed E-state index contributed by atoms with van der Waals surface area (Å²) >= 11 is 0. The maximum absolute atomic E-state index is 11.8. The van der Waals surface area contributed by atoms with Gasteiger partial charge in [0, 0.05) is 5.57 Å². The van der Waals surface area contributed by atoms with Crippen LogP contribution in [0.2, 0.25) is 0 Å². The van der Waals surface area contributed by atoms with Crippen LogP contribution in [-0.2, 0) is 14.4 Å². The highest BCUT2D eigenvalue weighted by Gasteiger charge is 2.53. The van der Waals surface area contributed by atoms with Crippen LogP contribution in [0.15, 0.2) is 42.0 Å². The highest BCUT2D eigenvalue weighted by atomic mass is 16.4. The lowest BCUT2D eigenvalue weighted by Gasteiger charge is -2.31. The highest BCUT2D eigenvalue weighted by molar-refractivity contribution is 6.18. The monoisotopic (exact) mass is 332 g/mol. The number of hydrogen-bond acceptors (Lipinski definition) is 4. The third kappa shape index (κ3) is 2.43. The molecule has 0 atom stereocenters. The summed E-state index contributed by atoms with van der Waals surface area (Å²) in [5.41, 5.74) is -4.35. The number of rotatable bonds is 5. The first kappa shape index (κ1) is 16.9. The average molecular weight is 332 g/mol. The molecule has 0 saturated heterocycles. The summed E-state index contributed by atoms with van der Waals surface area (Å²) in [4.78, 5) is 46.4. The molecule has 0 radical (unpaired) electrons. The molecule has 0 fully saturated rings. The fraction of sp³-hybridized carbons (Fsp3) is 0.125. The Hall–Kier alpha value is -3.42. The van der Waals surface area contributed by atoms with Gasteiger partial charge in [0.2, 0.25) is 0 Å². The zero-order chi connectivity index (χ0) is 18.1. The topological polar surface area (TPSA) is 149 Å². The molecule has 0 unspecified atom stereocenters.